The molecule has 4 heteroatoms. The zero-order valence-corrected chi connectivity index (χ0v) is 14.3. The van der Waals surface area contributed by atoms with Gasteiger partial charge in [0.1, 0.15) is 0 Å². The summed E-state index contributed by atoms with van der Waals surface area (Å²) in [7, 11) is 0. The smallest absolute Gasteiger partial charge is 0.433 e. The van der Waals surface area contributed by atoms with Crippen molar-refractivity contribution >= 4 is 6.16 Å². The molecule has 3 rings (SSSR count). The number of hydrogen-bond donors (Lipinski definition) is 0. The number of benzene rings is 1. The summed E-state index contributed by atoms with van der Waals surface area (Å²) in [6.07, 6.45) is 3.37. The molecule has 0 amide bonds. The third-order valence-electron chi connectivity index (χ3n) is 4.47. The highest BCUT2D eigenvalue weighted by atomic mass is 16.8. The number of hydroxylamine groups is 2. The maximum absolute atomic E-state index is 11.6. The minimum Gasteiger partial charge on any atom is -0.433 e. The molecule has 1 aliphatic heterocycles. The largest absolute Gasteiger partial charge is 0.527 e. The monoisotopic (exact) mass is 325 g/mol. The van der Waals surface area contributed by atoms with Crippen molar-refractivity contribution in [2.75, 3.05) is 13.2 Å². The fraction of sp³-hybridized carbons (Fsp3) is 0.450. The van der Waals surface area contributed by atoms with Crippen LogP contribution in [-0.2, 0) is 9.57 Å². The van der Waals surface area contributed by atoms with E-state index in [0.717, 1.165) is 31.2 Å². The van der Waals surface area contributed by atoms with Crippen LogP contribution in [0, 0.1) is 18.8 Å². The van der Waals surface area contributed by atoms with Gasteiger partial charge in [0.25, 0.3) is 0 Å². The van der Waals surface area contributed by atoms with E-state index >= 15 is 0 Å². The topological polar surface area (TPSA) is 38.8 Å². The Hall–Kier alpha value is -2.25. The zero-order valence-electron chi connectivity index (χ0n) is 14.3. The molecule has 1 aromatic carbocycles. The van der Waals surface area contributed by atoms with Crippen molar-refractivity contribution in [3.8, 4) is 11.8 Å². The van der Waals surface area contributed by atoms with E-state index in [0.29, 0.717) is 13.2 Å². The molecule has 1 heterocycles. The van der Waals surface area contributed by atoms with Crippen molar-refractivity contribution in [2.45, 2.75) is 45.6 Å². The first-order chi connectivity index (χ1) is 11.7. The minimum absolute atomic E-state index is 0.157. The summed E-state index contributed by atoms with van der Waals surface area (Å²) in [5, 5.41) is 1.76. The SMILES string of the molecule is CCOC(=O)ON1CCC2=C(C#Cc3cccc(C)c3)CCCC21. The molecular formula is C20H23NO3. The first-order valence-electron chi connectivity index (χ1n) is 8.59. The van der Waals surface area contributed by atoms with E-state index in [1.54, 1.807) is 12.0 Å². The maximum atomic E-state index is 11.6. The molecular weight excluding hydrogens is 302 g/mol. The molecule has 126 valence electrons. The molecule has 1 unspecified atom stereocenters. The highest BCUT2D eigenvalue weighted by molar-refractivity contribution is 5.59. The number of hydrogen-bond acceptors (Lipinski definition) is 4. The molecule has 0 bridgehead atoms. The van der Waals surface area contributed by atoms with Crippen LogP contribution in [0.4, 0.5) is 4.79 Å². The lowest BCUT2D eigenvalue weighted by Gasteiger charge is -2.26. The van der Waals surface area contributed by atoms with Crippen molar-refractivity contribution < 1.29 is 14.4 Å². The number of carbonyl (C=O) groups is 1. The molecule has 4 nitrogen and oxygen atoms in total. The lowest BCUT2D eigenvalue weighted by molar-refractivity contribution is -0.134. The van der Waals surface area contributed by atoms with Crippen molar-refractivity contribution in [1.82, 2.24) is 5.06 Å². The van der Waals surface area contributed by atoms with Crippen molar-refractivity contribution in [3.63, 3.8) is 0 Å². The van der Waals surface area contributed by atoms with Crippen molar-refractivity contribution in [3.05, 3.63) is 46.5 Å². The van der Waals surface area contributed by atoms with Gasteiger partial charge in [-0.25, -0.2) is 4.79 Å². The van der Waals surface area contributed by atoms with Crippen LogP contribution < -0.4 is 0 Å². The summed E-state index contributed by atoms with van der Waals surface area (Å²) in [5.74, 6) is 6.65. The third-order valence-corrected chi connectivity index (χ3v) is 4.47. The molecule has 0 saturated carbocycles. The van der Waals surface area contributed by atoms with E-state index < -0.39 is 6.16 Å². The van der Waals surface area contributed by atoms with E-state index in [1.807, 2.05) is 12.1 Å². The Labute approximate surface area is 143 Å². The van der Waals surface area contributed by atoms with E-state index in [2.05, 4.69) is 30.9 Å². The second-order valence-corrected chi connectivity index (χ2v) is 6.20. The van der Waals surface area contributed by atoms with Crippen LogP contribution in [0.25, 0.3) is 0 Å². The van der Waals surface area contributed by atoms with Gasteiger partial charge in [0.2, 0.25) is 0 Å². The molecule has 1 atom stereocenters. The standard InChI is InChI=1S/C20H23NO3/c1-3-23-20(22)24-21-13-12-18-17(8-5-9-19(18)21)11-10-16-7-4-6-15(2)14-16/h4,6-7,14,19H,3,5,8-9,12-13H2,1-2H3. The first kappa shape index (κ1) is 16.6. The van der Waals surface area contributed by atoms with Crippen LogP contribution in [0.2, 0.25) is 0 Å². The van der Waals surface area contributed by atoms with Crippen molar-refractivity contribution in [2.24, 2.45) is 0 Å². The molecule has 0 aromatic heterocycles. The number of ether oxygens (including phenoxy) is 1. The number of allylic oxidation sites excluding steroid dienone is 1. The Kier molecular flexibility index (Phi) is 5.22. The predicted octanol–water partition coefficient (Wildman–Crippen LogP) is 3.99. The molecule has 1 fully saturated rings. The van der Waals surface area contributed by atoms with Crippen LogP contribution in [0.5, 0.6) is 0 Å². The van der Waals surface area contributed by atoms with Gasteiger partial charge in [-0.3, -0.25) is 0 Å². The quantitative estimate of drug-likeness (QED) is 0.609. The van der Waals surface area contributed by atoms with Crippen LogP contribution in [0.3, 0.4) is 0 Å². The van der Waals surface area contributed by atoms with Crippen LogP contribution in [-0.4, -0.2) is 30.4 Å². The summed E-state index contributed by atoms with van der Waals surface area (Å²) in [5.41, 5.74) is 4.80. The van der Waals surface area contributed by atoms with E-state index in [1.165, 1.54) is 16.7 Å². The first-order valence-corrected chi connectivity index (χ1v) is 8.59. The summed E-state index contributed by atoms with van der Waals surface area (Å²) in [4.78, 5) is 16.9. The highest BCUT2D eigenvalue weighted by Crippen LogP contribution is 2.36. The molecule has 0 N–H and O–H groups in total. The third kappa shape index (κ3) is 3.80. The second-order valence-electron chi connectivity index (χ2n) is 6.20. The zero-order chi connectivity index (χ0) is 16.9. The van der Waals surface area contributed by atoms with Gasteiger partial charge in [0.15, 0.2) is 0 Å². The maximum Gasteiger partial charge on any atom is 0.527 e. The number of nitrogens with zero attached hydrogens (tertiary/aromatic N) is 1. The van der Waals surface area contributed by atoms with Gasteiger partial charge in [-0.1, -0.05) is 24.0 Å². The fourth-order valence-corrected chi connectivity index (χ4v) is 3.39. The van der Waals surface area contributed by atoms with Gasteiger partial charge in [-0.05, 0) is 62.8 Å². The number of rotatable bonds is 2. The van der Waals surface area contributed by atoms with Gasteiger partial charge >= 0.3 is 6.16 Å². The molecule has 1 aliphatic carbocycles. The molecule has 0 spiro atoms. The Morgan fingerprint density at radius 3 is 3.00 bits per heavy atom. The van der Waals surface area contributed by atoms with Crippen LogP contribution in [0.15, 0.2) is 35.4 Å². The average Bonchev–Trinajstić information content (AvgIpc) is 2.97. The minimum atomic E-state index is -0.614. The second kappa shape index (κ2) is 7.55. The van der Waals surface area contributed by atoms with Gasteiger partial charge in [0.05, 0.1) is 12.6 Å². The van der Waals surface area contributed by atoms with E-state index in [-0.39, 0.29) is 6.04 Å². The van der Waals surface area contributed by atoms with Crippen LogP contribution >= 0.6 is 0 Å². The Balaban J connectivity index is 1.76. The van der Waals surface area contributed by atoms with Gasteiger partial charge in [0, 0.05) is 17.7 Å². The van der Waals surface area contributed by atoms with E-state index in [4.69, 9.17) is 9.57 Å². The van der Waals surface area contributed by atoms with Crippen molar-refractivity contribution in [1.29, 1.82) is 0 Å². The predicted molar refractivity (Wildman–Crippen MR) is 92.2 cm³/mol. The van der Waals surface area contributed by atoms with Crippen LogP contribution in [0.1, 0.15) is 43.7 Å². The Morgan fingerprint density at radius 2 is 2.21 bits per heavy atom. The Bertz CT molecular complexity index is 711. The summed E-state index contributed by atoms with van der Waals surface area (Å²) < 4.78 is 4.88. The lowest BCUT2D eigenvalue weighted by atomic mass is 9.88. The average molecular weight is 325 g/mol. The highest BCUT2D eigenvalue weighted by Gasteiger charge is 2.36. The number of aryl methyl sites for hydroxylation is 1. The van der Waals surface area contributed by atoms with Gasteiger partial charge in [-0.2, -0.15) is 0 Å². The summed E-state index contributed by atoms with van der Waals surface area (Å²) in [6.45, 7) is 4.89. The summed E-state index contributed by atoms with van der Waals surface area (Å²) in [6, 6.07) is 8.40. The molecule has 1 aromatic rings. The lowest BCUT2D eigenvalue weighted by Crippen LogP contribution is -2.34. The molecule has 24 heavy (non-hydrogen) atoms. The normalized spacial score (nSPS) is 20.2. The molecule has 2 aliphatic rings. The Morgan fingerprint density at radius 1 is 1.33 bits per heavy atom. The number of fused-ring (bicyclic) bond motifs is 1. The molecule has 1 saturated heterocycles. The summed E-state index contributed by atoms with van der Waals surface area (Å²) >= 11 is 0. The van der Waals surface area contributed by atoms with Gasteiger partial charge < -0.3 is 9.57 Å². The van der Waals surface area contributed by atoms with E-state index in [9.17, 15) is 4.79 Å². The van der Waals surface area contributed by atoms with Gasteiger partial charge in [-0.15, -0.1) is 5.06 Å². The number of carbonyl (C=O) groups excluding carboxylic acids is 1. The molecule has 0 radical (unpaired) electrons. The fourth-order valence-electron chi connectivity index (χ4n) is 3.39.